The summed E-state index contributed by atoms with van der Waals surface area (Å²) in [6, 6.07) is 5.34. The maximum atomic E-state index is 12.8. The summed E-state index contributed by atoms with van der Waals surface area (Å²) < 4.78 is 5.46. The molecule has 0 bridgehead atoms. The van der Waals surface area contributed by atoms with Crippen molar-refractivity contribution in [3.05, 3.63) is 59.8 Å². The van der Waals surface area contributed by atoms with E-state index in [1.54, 1.807) is 18.5 Å². The molecule has 3 heterocycles. The van der Waals surface area contributed by atoms with Crippen molar-refractivity contribution in [1.29, 1.82) is 10.5 Å². The fourth-order valence-electron chi connectivity index (χ4n) is 2.77. The van der Waals surface area contributed by atoms with E-state index in [4.69, 9.17) is 15.3 Å². The highest BCUT2D eigenvalue weighted by Gasteiger charge is 2.29. The van der Waals surface area contributed by atoms with Crippen LogP contribution in [0.3, 0.4) is 0 Å². The number of hydrogen-bond acceptors (Lipinski definition) is 8. The predicted octanol–water partition coefficient (Wildman–Crippen LogP) is 2.29. The van der Waals surface area contributed by atoms with Gasteiger partial charge in [-0.2, -0.15) is 15.6 Å². The van der Waals surface area contributed by atoms with Gasteiger partial charge in [-0.05, 0) is 24.5 Å². The Kier molecular flexibility index (Phi) is 6.23. The molecule has 0 fully saturated rings. The number of pyridine rings is 1. The highest BCUT2D eigenvalue weighted by Crippen LogP contribution is 2.29. The van der Waals surface area contributed by atoms with Crippen LogP contribution in [0.4, 0.5) is 0 Å². The molecule has 0 N–H and O–H groups in total. The molecular formula is C20H17N7O2. The van der Waals surface area contributed by atoms with E-state index in [1.165, 1.54) is 23.6 Å². The fourth-order valence-corrected chi connectivity index (χ4v) is 2.77. The molecule has 29 heavy (non-hydrogen) atoms. The second kappa shape index (κ2) is 9.20. The number of hydrazone groups is 1. The van der Waals surface area contributed by atoms with Crippen LogP contribution in [-0.4, -0.2) is 38.7 Å². The Morgan fingerprint density at radius 3 is 2.83 bits per heavy atom. The minimum atomic E-state index is -0.301. The molecule has 0 aromatic carbocycles. The highest BCUT2D eigenvalue weighted by atomic mass is 16.5. The Bertz CT molecular complexity index is 1020. The monoisotopic (exact) mass is 387 g/mol. The van der Waals surface area contributed by atoms with Crippen LogP contribution in [0.1, 0.15) is 42.1 Å². The molecule has 1 aliphatic heterocycles. The first kappa shape index (κ1) is 19.6. The van der Waals surface area contributed by atoms with Gasteiger partial charge in [-0.1, -0.05) is 6.58 Å². The van der Waals surface area contributed by atoms with Crippen molar-refractivity contribution in [2.24, 2.45) is 5.10 Å². The van der Waals surface area contributed by atoms with Gasteiger partial charge in [0.25, 0.3) is 5.91 Å². The lowest BCUT2D eigenvalue weighted by Gasteiger charge is -2.23. The maximum absolute atomic E-state index is 12.8. The Hall–Kier alpha value is -4.11. The second-order valence-electron chi connectivity index (χ2n) is 6.23. The van der Waals surface area contributed by atoms with Crippen LogP contribution >= 0.6 is 0 Å². The van der Waals surface area contributed by atoms with E-state index >= 15 is 0 Å². The van der Waals surface area contributed by atoms with E-state index < -0.39 is 0 Å². The summed E-state index contributed by atoms with van der Waals surface area (Å²) in [4.78, 5) is 24.6. The van der Waals surface area contributed by atoms with Crippen molar-refractivity contribution in [3.63, 3.8) is 0 Å². The smallest absolute Gasteiger partial charge is 0.269 e. The number of nitriles is 2. The van der Waals surface area contributed by atoms with Crippen LogP contribution in [0.15, 0.2) is 48.1 Å². The molecule has 9 heteroatoms. The third-order valence-corrected chi connectivity index (χ3v) is 4.23. The number of rotatable bonds is 7. The lowest BCUT2D eigenvalue weighted by Crippen LogP contribution is -2.28. The van der Waals surface area contributed by atoms with Crippen molar-refractivity contribution in [2.75, 3.05) is 6.61 Å². The van der Waals surface area contributed by atoms with E-state index in [1.807, 2.05) is 12.1 Å². The number of hydrogen-bond donors (Lipinski definition) is 0. The van der Waals surface area contributed by atoms with Gasteiger partial charge in [-0.25, -0.2) is 15.0 Å². The fraction of sp³-hybridized carbons (Fsp3) is 0.250. The molecule has 0 saturated carbocycles. The summed E-state index contributed by atoms with van der Waals surface area (Å²) in [7, 11) is 0. The predicted molar refractivity (Wildman–Crippen MR) is 102 cm³/mol. The molecule has 0 saturated heterocycles. The number of ether oxygens (including phenoxy) is 1. The molecule has 2 aromatic rings. The van der Waals surface area contributed by atoms with Crippen LogP contribution in [0.25, 0.3) is 0 Å². The van der Waals surface area contributed by atoms with Gasteiger partial charge in [0, 0.05) is 30.6 Å². The summed E-state index contributed by atoms with van der Waals surface area (Å²) in [6.45, 7) is 4.20. The van der Waals surface area contributed by atoms with Crippen LogP contribution in [0.2, 0.25) is 0 Å². The zero-order valence-corrected chi connectivity index (χ0v) is 15.5. The molecule has 0 radical (unpaired) electrons. The van der Waals surface area contributed by atoms with Gasteiger partial charge in [-0.3, -0.25) is 9.78 Å². The Balaban J connectivity index is 1.52. The SMILES string of the molecule is C=C(CCCOc1cnc(C#N)cn1)C(=O)N1N=CCC1c1cncc(C#N)c1. The zero-order valence-electron chi connectivity index (χ0n) is 15.5. The minimum absolute atomic E-state index is 0.215. The lowest BCUT2D eigenvalue weighted by molar-refractivity contribution is -0.129. The number of aromatic nitrogens is 3. The molecule has 9 nitrogen and oxygen atoms in total. The maximum Gasteiger partial charge on any atom is 0.269 e. The molecule has 1 atom stereocenters. The van der Waals surface area contributed by atoms with Gasteiger partial charge in [-0.15, -0.1) is 0 Å². The molecule has 2 aromatic heterocycles. The van der Waals surface area contributed by atoms with E-state index in [2.05, 4.69) is 26.6 Å². The molecule has 144 valence electrons. The number of nitrogens with zero attached hydrogens (tertiary/aromatic N) is 7. The molecule has 0 aliphatic carbocycles. The van der Waals surface area contributed by atoms with Crippen molar-refractivity contribution < 1.29 is 9.53 Å². The third kappa shape index (κ3) is 4.79. The average Bonchev–Trinajstić information content (AvgIpc) is 3.26. The van der Waals surface area contributed by atoms with E-state index in [0.717, 1.165) is 5.56 Å². The molecule has 1 aliphatic rings. The molecule has 3 rings (SSSR count). The zero-order chi connectivity index (χ0) is 20.6. The Morgan fingerprint density at radius 1 is 1.24 bits per heavy atom. The van der Waals surface area contributed by atoms with Crippen molar-refractivity contribution in [2.45, 2.75) is 25.3 Å². The van der Waals surface area contributed by atoms with Crippen molar-refractivity contribution in [1.82, 2.24) is 20.0 Å². The average molecular weight is 387 g/mol. The normalized spacial score (nSPS) is 14.8. The van der Waals surface area contributed by atoms with Gasteiger partial charge in [0.2, 0.25) is 5.88 Å². The van der Waals surface area contributed by atoms with E-state index in [-0.39, 0.29) is 17.6 Å². The summed E-state index contributed by atoms with van der Waals surface area (Å²) >= 11 is 0. The summed E-state index contributed by atoms with van der Waals surface area (Å²) in [5, 5.41) is 23.3. The standard InChI is InChI=1S/C20H17N7O2/c1-14(3-2-6-29-19-13-24-17(9-22)12-25-19)20(28)27-18(4-5-26-27)16-7-15(8-21)10-23-11-16/h5,7,10-13,18H,1-4,6H2. The van der Waals surface area contributed by atoms with Gasteiger partial charge in [0.1, 0.15) is 12.1 Å². The van der Waals surface area contributed by atoms with E-state index in [9.17, 15) is 4.79 Å². The van der Waals surface area contributed by atoms with Crippen LogP contribution in [0, 0.1) is 22.7 Å². The third-order valence-electron chi connectivity index (χ3n) is 4.23. The molecule has 1 amide bonds. The minimum Gasteiger partial charge on any atom is -0.477 e. The number of carbonyl (C=O) groups is 1. The first-order chi connectivity index (χ1) is 14.1. The molecule has 1 unspecified atom stereocenters. The topological polar surface area (TPSA) is 128 Å². The van der Waals surface area contributed by atoms with Crippen molar-refractivity contribution in [3.8, 4) is 18.0 Å². The van der Waals surface area contributed by atoms with Gasteiger partial charge in [0.15, 0.2) is 5.69 Å². The molecule has 0 spiro atoms. The van der Waals surface area contributed by atoms with Crippen LogP contribution < -0.4 is 4.74 Å². The van der Waals surface area contributed by atoms with Crippen LogP contribution in [-0.2, 0) is 4.79 Å². The first-order valence-electron chi connectivity index (χ1n) is 8.86. The lowest BCUT2D eigenvalue weighted by atomic mass is 10.0. The first-order valence-corrected chi connectivity index (χ1v) is 8.86. The van der Waals surface area contributed by atoms with Crippen LogP contribution in [0.5, 0.6) is 5.88 Å². The summed E-state index contributed by atoms with van der Waals surface area (Å²) in [6.07, 6.45) is 9.03. The molecular weight excluding hydrogens is 370 g/mol. The quantitative estimate of drug-likeness (QED) is 0.526. The summed E-state index contributed by atoms with van der Waals surface area (Å²) in [5.74, 6) is 0.0410. The van der Waals surface area contributed by atoms with E-state index in [0.29, 0.717) is 42.9 Å². The number of amides is 1. The van der Waals surface area contributed by atoms with Crippen molar-refractivity contribution >= 4 is 12.1 Å². The Morgan fingerprint density at radius 2 is 2.10 bits per heavy atom. The largest absolute Gasteiger partial charge is 0.477 e. The summed E-state index contributed by atoms with van der Waals surface area (Å²) in [5.41, 5.74) is 1.81. The Labute approximate surface area is 167 Å². The van der Waals surface area contributed by atoms with Gasteiger partial charge in [0.05, 0.1) is 30.6 Å². The number of carbonyl (C=O) groups excluding carboxylic acids is 1. The van der Waals surface area contributed by atoms with Gasteiger partial charge >= 0.3 is 0 Å². The second-order valence-corrected chi connectivity index (χ2v) is 6.23. The highest BCUT2D eigenvalue weighted by molar-refractivity contribution is 5.94. The van der Waals surface area contributed by atoms with Gasteiger partial charge < -0.3 is 4.74 Å².